The molecule has 2 aromatic heterocycles. The molecule has 0 N–H and O–H groups in total. The van der Waals surface area contributed by atoms with Gasteiger partial charge in [0.25, 0.3) is 6.43 Å². The van der Waals surface area contributed by atoms with E-state index in [0.717, 1.165) is 16.8 Å². The first-order valence-electron chi connectivity index (χ1n) is 10.5. The number of pyridine rings is 1. The van der Waals surface area contributed by atoms with E-state index >= 15 is 0 Å². The van der Waals surface area contributed by atoms with Crippen LogP contribution >= 0.6 is 11.8 Å². The molecule has 0 atom stereocenters. The zero-order valence-corrected chi connectivity index (χ0v) is 20.1. The minimum Gasteiger partial charge on any atom is -0.496 e. The Hall–Kier alpha value is -3.51. The maximum atomic E-state index is 13.2. The molecular weight excluding hydrogens is 458 g/mol. The topological polar surface area (TPSA) is 80.8 Å². The number of thioether (sulfide) groups is 1. The Morgan fingerprint density at radius 3 is 2.71 bits per heavy atom. The minimum absolute atomic E-state index is 0.147. The van der Waals surface area contributed by atoms with Crippen LogP contribution in [0.15, 0.2) is 41.6 Å². The smallest absolute Gasteiger partial charge is 0.280 e. The number of ketones is 1. The lowest BCUT2D eigenvalue weighted by atomic mass is 10.1. The summed E-state index contributed by atoms with van der Waals surface area (Å²) in [5, 5.41) is 13.9. The fraction of sp³-hybridized carbons (Fsp3) is 0.280. The minimum atomic E-state index is -2.72. The third-order valence-corrected chi connectivity index (χ3v) is 6.33. The van der Waals surface area contributed by atoms with Gasteiger partial charge in [-0.05, 0) is 56.2 Å². The summed E-state index contributed by atoms with van der Waals surface area (Å²) in [5.41, 5.74) is 3.29. The van der Waals surface area contributed by atoms with Crippen molar-refractivity contribution in [1.82, 2.24) is 14.8 Å². The molecule has 176 valence electrons. The molecule has 0 fully saturated rings. The number of benzene rings is 1. The molecule has 9 heteroatoms. The number of methoxy groups -OCH3 is 1. The van der Waals surface area contributed by atoms with E-state index in [1.54, 1.807) is 29.9 Å². The number of alkyl halides is 2. The van der Waals surface area contributed by atoms with Crippen molar-refractivity contribution in [3.63, 3.8) is 0 Å². The highest BCUT2D eigenvalue weighted by Crippen LogP contribution is 2.32. The number of hydrogen-bond donors (Lipinski definition) is 0. The van der Waals surface area contributed by atoms with E-state index in [9.17, 15) is 18.8 Å². The maximum Gasteiger partial charge on any atom is 0.280 e. The van der Waals surface area contributed by atoms with Crippen LogP contribution in [0.4, 0.5) is 8.78 Å². The van der Waals surface area contributed by atoms with E-state index in [2.05, 4.69) is 16.2 Å². The lowest BCUT2D eigenvalue weighted by Gasteiger charge is -2.12. The molecule has 2 heterocycles. The second-order valence-electron chi connectivity index (χ2n) is 7.47. The molecule has 3 aromatic rings. The molecule has 6 nitrogen and oxygen atoms in total. The summed E-state index contributed by atoms with van der Waals surface area (Å²) in [6, 6.07) is 8.74. The monoisotopic (exact) mass is 482 g/mol. The molecule has 1 aromatic carbocycles. The lowest BCUT2D eigenvalue weighted by Crippen LogP contribution is -2.01. The number of carbonyl (C=O) groups is 1. The number of nitriles is 1. The summed E-state index contributed by atoms with van der Waals surface area (Å²) in [4.78, 5) is 16.6. The Morgan fingerprint density at radius 1 is 1.32 bits per heavy atom. The van der Waals surface area contributed by atoms with Gasteiger partial charge in [0, 0.05) is 23.6 Å². The molecular formula is C25H24F2N4O2S. The summed E-state index contributed by atoms with van der Waals surface area (Å²) in [7, 11) is 1.54. The fourth-order valence-electron chi connectivity index (χ4n) is 3.45. The van der Waals surface area contributed by atoms with Crippen LogP contribution in [-0.4, -0.2) is 27.7 Å². The van der Waals surface area contributed by atoms with Crippen molar-refractivity contribution in [2.24, 2.45) is 0 Å². The number of rotatable bonds is 9. The van der Waals surface area contributed by atoms with Crippen LogP contribution in [0.2, 0.25) is 0 Å². The van der Waals surface area contributed by atoms with Crippen LogP contribution in [0.1, 0.15) is 57.3 Å². The summed E-state index contributed by atoms with van der Waals surface area (Å²) in [6.07, 6.45) is 2.04. The van der Waals surface area contributed by atoms with Gasteiger partial charge in [-0.3, -0.25) is 9.48 Å². The van der Waals surface area contributed by atoms with Gasteiger partial charge in [0.15, 0.2) is 5.78 Å². The highest BCUT2D eigenvalue weighted by atomic mass is 32.2. The Labute approximate surface area is 201 Å². The molecule has 0 aliphatic rings. The van der Waals surface area contributed by atoms with Gasteiger partial charge >= 0.3 is 0 Å². The molecule has 3 rings (SSSR count). The molecule has 0 saturated heterocycles. The van der Waals surface area contributed by atoms with E-state index in [4.69, 9.17) is 4.74 Å². The van der Waals surface area contributed by atoms with Crippen LogP contribution in [0, 0.1) is 25.2 Å². The predicted molar refractivity (Wildman–Crippen MR) is 127 cm³/mol. The van der Waals surface area contributed by atoms with Gasteiger partial charge in [0.1, 0.15) is 22.5 Å². The van der Waals surface area contributed by atoms with Crippen molar-refractivity contribution in [3.05, 3.63) is 75.7 Å². The first-order valence-corrected chi connectivity index (χ1v) is 11.5. The van der Waals surface area contributed by atoms with Crippen molar-refractivity contribution in [2.45, 2.75) is 44.5 Å². The molecule has 0 bridgehead atoms. The third kappa shape index (κ3) is 5.51. The van der Waals surface area contributed by atoms with E-state index in [0.29, 0.717) is 29.2 Å². The quantitative estimate of drug-likeness (QED) is 0.214. The first-order chi connectivity index (χ1) is 16.3. The number of ether oxygens (including phenoxy) is 1. The van der Waals surface area contributed by atoms with Crippen molar-refractivity contribution >= 4 is 23.6 Å². The van der Waals surface area contributed by atoms with E-state index < -0.39 is 6.43 Å². The molecule has 0 amide bonds. The number of halogens is 2. The van der Waals surface area contributed by atoms with Gasteiger partial charge in [-0.2, -0.15) is 10.4 Å². The van der Waals surface area contributed by atoms with Gasteiger partial charge in [-0.1, -0.05) is 12.1 Å². The van der Waals surface area contributed by atoms with Crippen molar-refractivity contribution < 1.29 is 18.3 Å². The van der Waals surface area contributed by atoms with Gasteiger partial charge < -0.3 is 4.74 Å². The Balaban J connectivity index is 1.84. The van der Waals surface area contributed by atoms with Crippen LogP contribution in [-0.2, 0) is 12.3 Å². The van der Waals surface area contributed by atoms with Crippen LogP contribution in [0.3, 0.4) is 0 Å². The Kier molecular flexibility index (Phi) is 8.18. The highest BCUT2D eigenvalue weighted by molar-refractivity contribution is 7.98. The average molecular weight is 483 g/mol. The Morgan fingerprint density at radius 2 is 2.09 bits per heavy atom. The fourth-order valence-corrected chi connectivity index (χ4v) is 4.49. The summed E-state index contributed by atoms with van der Waals surface area (Å²) >= 11 is 1.19. The highest BCUT2D eigenvalue weighted by Gasteiger charge is 2.17. The molecule has 0 unspecified atom stereocenters. The SMILES string of the molecule is CCn1ncc(C(=O)/C=C/c2ccc(OC)c(CSc3nc(C(F)F)cc(C)c3C#N)c2)c1C. The molecule has 0 spiro atoms. The van der Waals surface area contributed by atoms with Gasteiger partial charge in [0.05, 0.1) is 24.4 Å². The zero-order chi connectivity index (χ0) is 24.8. The molecule has 0 aliphatic heterocycles. The largest absolute Gasteiger partial charge is 0.496 e. The average Bonchev–Trinajstić information content (AvgIpc) is 3.21. The van der Waals surface area contributed by atoms with Gasteiger partial charge in [-0.25, -0.2) is 13.8 Å². The molecule has 0 saturated carbocycles. The first kappa shape index (κ1) is 25.1. The van der Waals surface area contributed by atoms with Crippen molar-refractivity contribution in [2.75, 3.05) is 7.11 Å². The number of carbonyl (C=O) groups excluding carboxylic acids is 1. The van der Waals surface area contributed by atoms with Crippen LogP contribution in [0.25, 0.3) is 6.08 Å². The Bertz CT molecular complexity index is 1280. The van der Waals surface area contributed by atoms with Gasteiger partial charge in [0.2, 0.25) is 0 Å². The van der Waals surface area contributed by atoms with E-state index in [-0.39, 0.29) is 22.1 Å². The summed E-state index contributed by atoms with van der Waals surface area (Å²) in [5.74, 6) is 0.803. The predicted octanol–water partition coefficient (Wildman–Crippen LogP) is 5.92. The van der Waals surface area contributed by atoms with Crippen molar-refractivity contribution in [1.29, 1.82) is 5.26 Å². The second-order valence-corrected chi connectivity index (χ2v) is 8.44. The summed E-state index contributed by atoms with van der Waals surface area (Å²) in [6.45, 7) is 6.12. The van der Waals surface area contributed by atoms with Gasteiger partial charge in [-0.15, -0.1) is 11.8 Å². The summed E-state index contributed by atoms with van der Waals surface area (Å²) < 4.78 is 33.6. The number of nitrogens with zero attached hydrogens (tertiary/aromatic N) is 4. The van der Waals surface area contributed by atoms with E-state index in [1.165, 1.54) is 31.0 Å². The third-order valence-electron chi connectivity index (χ3n) is 5.30. The standard InChI is InChI=1S/C25H24F2N4O2S/c1-5-31-16(3)20(13-29-31)22(32)8-6-17-7-9-23(33-4)18(11-17)14-34-25-19(12-28)15(2)10-21(30-25)24(26)27/h6-11,13,24H,5,14H2,1-4H3/b8-6+. The zero-order valence-electron chi connectivity index (χ0n) is 19.3. The number of hydrogen-bond acceptors (Lipinski definition) is 6. The van der Waals surface area contributed by atoms with Crippen LogP contribution < -0.4 is 4.74 Å². The molecule has 0 aliphatic carbocycles. The lowest BCUT2D eigenvalue weighted by molar-refractivity contribution is 0.104. The maximum absolute atomic E-state index is 13.2. The molecule has 0 radical (unpaired) electrons. The normalized spacial score (nSPS) is 11.2. The van der Waals surface area contributed by atoms with E-state index in [1.807, 2.05) is 26.0 Å². The molecule has 34 heavy (non-hydrogen) atoms. The second kappa shape index (κ2) is 11.1. The number of aryl methyl sites for hydroxylation is 2. The number of allylic oxidation sites excluding steroid dienone is 1. The van der Waals surface area contributed by atoms with Crippen LogP contribution in [0.5, 0.6) is 5.75 Å². The van der Waals surface area contributed by atoms with Crippen molar-refractivity contribution in [3.8, 4) is 11.8 Å². The number of aromatic nitrogens is 3.